The van der Waals surface area contributed by atoms with Gasteiger partial charge in [0.25, 0.3) is 0 Å². The summed E-state index contributed by atoms with van der Waals surface area (Å²) in [5.74, 6) is 3.51. The molecule has 0 aromatic rings. The number of carbonyl (C=O) groups is 1. The van der Waals surface area contributed by atoms with E-state index in [0.29, 0.717) is 23.5 Å². The van der Waals surface area contributed by atoms with Crippen LogP contribution in [0.3, 0.4) is 0 Å². The van der Waals surface area contributed by atoms with Crippen molar-refractivity contribution in [1.29, 1.82) is 0 Å². The number of allylic oxidation sites excluding steroid dienone is 1. The molecular formula is C11H14O. The van der Waals surface area contributed by atoms with Gasteiger partial charge in [0.05, 0.1) is 0 Å². The molecule has 1 heteroatoms. The highest BCUT2D eigenvalue weighted by Crippen LogP contribution is 2.65. The second-order valence-electron chi connectivity index (χ2n) is 4.52. The van der Waals surface area contributed by atoms with Crippen LogP contribution in [0.15, 0.2) is 12.7 Å². The van der Waals surface area contributed by atoms with Crippen molar-refractivity contribution < 1.29 is 4.79 Å². The van der Waals surface area contributed by atoms with Gasteiger partial charge in [-0.1, -0.05) is 12.5 Å². The SMILES string of the molecule is C=C[C@H]1[C@@H]2C(=O)[C@H]3CCC[C@H]3[C@H]12. The molecule has 64 valence electrons. The number of hydrogen-bond acceptors (Lipinski definition) is 1. The molecule has 0 bridgehead atoms. The number of carbonyl (C=O) groups excluding carboxylic acids is 1. The lowest BCUT2D eigenvalue weighted by molar-refractivity contribution is -0.123. The van der Waals surface area contributed by atoms with E-state index in [4.69, 9.17) is 0 Å². The minimum Gasteiger partial charge on any atom is -0.299 e. The summed E-state index contributed by atoms with van der Waals surface area (Å²) in [6, 6.07) is 0. The van der Waals surface area contributed by atoms with E-state index in [1.165, 1.54) is 19.3 Å². The Morgan fingerprint density at radius 1 is 1.42 bits per heavy atom. The molecule has 0 aliphatic heterocycles. The predicted molar refractivity (Wildman–Crippen MR) is 46.5 cm³/mol. The molecule has 0 aromatic carbocycles. The molecule has 3 rings (SSSR count). The van der Waals surface area contributed by atoms with Gasteiger partial charge in [-0.3, -0.25) is 4.79 Å². The Morgan fingerprint density at radius 3 is 3.00 bits per heavy atom. The van der Waals surface area contributed by atoms with Crippen LogP contribution < -0.4 is 0 Å². The molecule has 0 N–H and O–H groups in total. The Balaban J connectivity index is 1.91. The highest BCUT2D eigenvalue weighted by molar-refractivity contribution is 5.90. The summed E-state index contributed by atoms with van der Waals surface area (Å²) in [6.07, 6.45) is 5.78. The molecule has 3 aliphatic rings. The Hall–Kier alpha value is -0.590. The summed E-state index contributed by atoms with van der Waals surface area (Å²) in [5, 5.41) is 0. The lowest BCUT2D eigenvalue weighted by Crippen LogP contribution is -2.16. The van der Waals surface area contributed by atoms with Crippen LogP contribution in [0.5, 0.6) is 0 Å². The van der Waals surface area contributed by atoms with Gasteiger partial charge in [0, 0.05) is 11.8 Å². The second kappa shape index (κ2) is 2.01. The Kier molecular flexibility index (Phi) is 1.15. The normalized spacial score (nSPS) is 55.0. The number of ketones is 1. The van der Waals surface area contributed by atoms with Crippen molar-refractivity contribution in [2.45, 2.75) is 19.3 Å². The fourth-order valence-corrected chi connectivity index (χ4v) is 3.64. The summed E-state index contributed by atoms with van der Waals surface area (Å²) in [5.41, 5.74) is 0. The van der Waals surface area contributed by atoms with E-state index in [9.17, 15) is 4.79 Å². The number of fused-ring (bicyclic) bond motifs is 3. The van der Waals surface area contributed by atoms with Gasteiger partial charge in [-0.25, -0.2) is 0 Å². The van der Waals surface area contributed by atoms with E-state index in [2.05, 4.69) is 6.58 Å². The first-order chi connectivity index (χ1) is 5.84. The summed E-state index contributed by atoms with van der Waals surface area (Å²) in [6.45, 7) is 3.80. The van der Waals surface area contributed by atoms with Gasteiger partial charge < -0.3 is 0 Å². The molecule has 0 radical (unpaired) electrons. The Bertz CT molecular complexity index is 256. The molecule has 3 saturated carbocycles. The van der Waals surface area contributed by atoms with Crippen molar-refractivity contribution in [2.75, 3.05) is 0 Å². The first-order valence-electron chi connectivity index (χ1n) is 5.01. The topological polar surface area (TPSA) is 17.1 Å². The zero-order chi connectivity index (χ0) is 8.29. The van der Waals surface area contributed by atoms with Crippen LogP contribution in [0.2, 0.25) is 0 Å². The molecule has 0 amide bonds. The lowest BCUT2D eigenvalue weighted by Gasteiger charge is -2.12. The van der Waals surface area contributed by atoms with Crippen LogP contribution in [0.4, 0.5) is 0 Å². The van der Waals surface area contributed by atoms with Crippen LogP contribution in [-0.2, 0) is 4.79 Å². The molecule has 5 atom stereocenters. The minimum atomic E-state index is 0.415. The van der Waals surface area contributed by atoms with E-state index in [1.54, 1.807) is 0 Å². The van der Waals surface area contributed by atoms with Gasteiger partial charge >= 0.3 is 0 Å². The fourth-order valence-electron chi connectivity index (χ4n) is 3.64. The maximum absolute atomic E-state index is 11.7. The van der Waals surface area contributed by atoms with Crippen LogP contribution in [-0.4, -0.2) is 5.78 Å². The molecule has 0 spiro atoms. The van der Waals surface area contributed by atoms with E-state index < -0.39 is 0 Å². The third kappa shape index (κ3) is 0.596. The molecule has 0 saturated heterocycles. The second-order valence-corrected chi connectivity index (χ2v) is 4.52. The van der Waals surface area contributed by atoms with Gasteiger partial charge in [-0.2, -0.15) is 0 Å². The van der Waals surface area contributed by atoms with Gasteiger partial charge in [0.2, 0.25) is 0 Å². The van der Waals surface area contributed by atoms with Crippen molar-refractivity contribution in [3.05, 3.63) is 12.7 Å². The van der Waals surface area contributed by atoms with Crippen LogP contribution >= 0.6 is 0 Å². The van der Waals surface area contributed by atoms with Crippen molar-refractivity contribution in [1.82, 2.24) is 0 Å². The highest BCUT2D eigenvalue weighted by Gasteiger charge is 2.66. The van der Waals surface area contributed by atoms with Crippen molar-refractivity contribution >= 4 is 5.78 Å². The van der Waals surface area contributed by atoms with Crippen molar-refractivity contribution in [3.63, 3.8) is 0 Å². The maximum Gasteiger partial charge on any atom is 0.140 e. The third-order valence-electron chi connectivity index (χ3n) is 4.16. The van der Waals surface area contributed by atoms with Gasteiger partial charge in [-0.05, 0) is 30.6 Å². The monoisotopic (exact) mass is 162 g/mol. The molecule has 0 aromatic heterocycles. The molecular weight excluding hydrogens is 148 g/mol. The van der Waals surface area contributed by atoms with Gasteiger partial charge in [0.15, 0.2) is 0 Å². The maximum atomic E-state index is 11.7. The first kappa shape index (κ1) is 6.88. The summed E-state index contributed by atoms with van der Waals surface area (Å²) in [7, 11) is 0. The third-order valence-corrected chi connectivity index (χ3v) is 4.16. The first-order valence-corrected chi connectivity index (χ1v) is 5.01. The Morgan fingerprint density at radius 2 is 2.25 bits per heavy atom. The van der Waals surface area contributed by atoms with Crippen molar-refractivity contribution in [3.8, 4) is 0 Å². The molecule has 0 heterocycles. The summed E-state index contributed by atoms with van der Waals surface area (Å²) < 4.78 is 0. The van der Waals surface area contributed by atoms with Gasteiger partial charge in [0.1, 0.15) is 5.78 Å². The van der Waals surface area contributed by atoms with Crippen LogP contribution in [0, 0.1) is 29.6 Å². The smallest absolute Gasteiger partial charge is 0.140 e. The van der Waals surface area contributed by atoms with E-state index in [1.807, 2.05) is 6.08 Å². The van der Waals surface area contributed by atoms with E-state index >= 15 is 0 Å². The largest absolute Gasteiger partial charge is 0.299 e. The standard InChI is InChI=1S/C11H14O/c1-2-6-9-7-4-3-5-8(7)11(12)10(6)9/h2,6-10H,1,3-5H2/t6-,7-,8+,9+,10+/m1/s1. The minimum absolute atomic E-state index is 0.415. The molecule has 3 fully saturated rings. The molecule has 1 nitrogen and oxygen atoms in total. The Labute approximate surface area is 72.8 Å². The number of rotatable bonds is 1. The number of Topliss-reactive ketones (excluding diaryl/α,β-unsaturated/α-hetero) is 1. The molecule has 12 heavy (non-hydrogen) atoms. The van der Waals surface area contributed by atoms with Crippen LogP contribution in [0.1, 0.15) is 19.3 Å². The van der Waals surface area contributed by atoms with Crippen LogP contribution in [0.25, 0.3) is 0 Å². The predicted octanol–water partition coefficient (Wildman–Crippen LogP) is 2.03. The zero-order valence-electron chi connectivity index (χ0n) is 7.20. The quantitative estimate of drug-likeness (QED) is 0.539. The van der Waals surface area contributed by atoms with Gasteiger partial charge in [-0.15, -0.1) is 6.58 Å². The lowest BCUT2D eigenvalue weighted by atomic mass is 9.91. The highest BCUT2D eigenvalue weighted by atomic mass is 16.1. The molecule has 3 aliphatic carbocycles. The average Bonchev–Trinajstić information content (AvgIpc) is 2.45. The molecule has 0 unspecified atom stereocenters. The van der Waals surface area contributed by atoms with Crippen molar-refractivity contribution in [2.24, 2.45) is 29.6 Å². The average molecular weight is 162 g/mol. The number of hydrogen-bond donors (Lipinski definition) is 0. The fraction of sp³-hybridized carbons (Fsp3) is 0.727. The zero-order valence-corrected chi connectivity index (χ0v) is 7.20. The van der Waals surface area contributed by atoms with E-state index in [-0.39, 0.29) is 0 Å². The summed E-state index contributed by atoms with van der Waals surface area (Å²) in [4.78, 5) is 11.7. The van der Waals surface area contributed by atoms with E-state index in [0.717, 1.165) is 11.8 Å². The summed E-state index contributed by atoms with van der Waals surface area (Å²) >= 11 is 0.